The molecule has 3 N–H and O–H groups in total. The number of halogens is 3. The fourth-order valence-electron chi connectivity index (χ4n) is 3.76. The summed E-state index contributed by atoms with van der Waals surface area (Å²) >= 11 is 5.82. The molecule has 10 heteroatoms. The quantitative estimate of drug-likeness (QED) is 0.385. The highest BCUT2D eigenvalue weighted by molar-refractivity contribution is 6.30. The highest BCUT2D eigenvalue weighted by Gasteiger charge is 2.24. The molecule has 0 spiro atoms. The first-order chi connectivity index (χ1) is 16.7. The first kappa shape index (κ1) is 26.4. The topological polar surface area (TPSA) is 91.8 Å². The van der Waals surface area contributed by atoms with Gasteiger partial charge in [0.25, 0.3) is 5.91 Å². The van der Waals surface area contributed by atoms with E-state index in [-0.39, 0.29) is 35.2 Å². The van der Waals surface area contributed by atoms with Gasteiger partial charge in [0.05, 0.1) is 13.2 Å². The van der Waals surface area contributed by atoms with Gasteiger partial charge in [-0.2, -0.15) is 0 Å². The predicted octanol–water partition coefficient (Wildman–Crippen LogP) is 4.86. The van der Waals surface area contributed by atoms with Crippen LogP contribution in [-0.2, 0) is 11.3 Å². The van der Waals surface area contributed by atoms with Crippen molar-refractivity contribution in [3.63, 3.8) is 0 Å². The zero-order chi connectivity index (χ0) is 25.4. The van der Waals surface area contributed by atoms with Gasteiger partial charge in [-0.3, -0.25) is 10.1 Å². The standard InChI is InChI=1S/C25H29ClF2N4O3/c1-3-35-25(34)31-20-10-8-19(9-11-20)30-24(29-14-17-6-7-18(26)13-22(17)28)32-23(33)16-5-4-15(2)21(27)12-16/h4-7,12-13,19-20H,3,8-11,14H2,1-2H3,(H,31,34)(H2,29,30,32,33). The summed E-state index contributed by atoms with van der Waals surface area (Å²) in [5, 5.41) is 9.01. The van der Waals surface area contributed by atoms with E-state index in [1.165, 1.54) is 24.3 Å². The molecule has 0 bridgehead atoms. The molecule has 2 aromatic carbocycles. The molecular formula is C25H29ClF2N4O3. The van der Waals surface area contributed by atoms with Crippen LogP contribution in [0, 0.1) is 18.6 Å². The highest BCUT2D eigenvalue weighted by Crippen LogP contribution is 2.19. The van der Waals surface area contributed by atoms with Crippen molar-refractivity contribution in [2.24, 2.45) is 4.99 Å². The van der Waals surface area contributed by atoms with Crippen molar-refractivity contribution >= 4 is 29.6 Å². The summed E-state index contributed by atoms with van der Waals surface area (Å²) in [5.74, 6) is -1.37. The van der Waals surface area contributed by atoms with Crippen molar-refractivity contribution in [2.75, 3.05) is 6.61 Å². The van der Waals surface area contributed by atoms with Gasteiger partial charge in [-0.15, -0.1) is 0 Å². The Morgan fingerprint density at radius 1 is 1.03 bits per heavy atom. The van der Waals surface area contributed by atoms with Crippen LogP contribution in [0.1, 0.15) is 54.1 Å². The van der Waals surface area contributed by atoms with E-state index in [4.69, 9.17) is 16.3 Å². The van der Waals surface area contributed by atoms with Crippen LogP contribution >= 0.6 is 11.6 Å². The van der Waals surface area contributed by atoms with Crippen LogP contribution in [-0.4, -0.2) is 36.7 Å². The van der Waals surface area contributed by atoms with E-state index < -0.39 is 23.6 Å². The van der Waals surface area contributed by atoms with Gasteiger partial charge in [0.1, 0.15) is 11.6 Å². The first-order valence-electron chi connectivity index (χ1n) is 11.5. The first-order valence-corrected chi connectivity index (χ1v) is 11.9. The average molecular weight is 507 g/mol. The van der Waals surface area contributed by atoms with Gasteiger partial charge >= 0.3 is 6.09 Å². The zero-order valence-electron chi connectivity index (χ0n) is 19.7. The minimum Gasteiger partial charge on any atom is -0.450 e. The van der Waals surface area contributed by atoms with Crippen LogP contribution in [0.25, 0.3) is 0 Å². The van der Waals surface area contributed by atoms with E-state index in [0.29, 0.717) is 43.4 Å². The molecule has 35 heavy (non-hydrogen) atoms. The summed E-state index contributed by atoms with van der Waals surface area (Å²) in [7, 11) is 0. The van der Waals surface area contributed by atoms with E-state index in [1.54, 1.807) is 19.9 Å². The normalized spacial score (nSPS) is 18.0. The lowest BCUT2D eigenvalue weighted by Gasteiger charge is -2.30. The van der Waals surface area contributed by atoms with Crippen LogP contribution in [0.3, 0.4) is 0 Å². The third-order valence-electron chi connectivity index (χ3n) is 5.75. The number of aliphatic imine (C=N–C) groups is 1. The summed E-state index contributed by atoms with van der Waals surface area (Å²) in [6.45, 7) is 3.63. The van der Waals surface area contributed by atoms with Gasteiger partial charge in [0.15, 0.2) is 5.96 Å². The Labute approximate surface area is 208 Å². The minimum atomic E-state index is -0.538. The van der Waals surface area contributed by atoms with Gasteiger partial charge in [0.2, 0.25) is 0 Å². The smallest absolute Gasteiger partial charge is 0.407 e. The van der Waals surface area contributed by atoms with E-state index in [2.05, 4.69) is 20.9 Å². The Morgan fingerprint density at radius 2 is 1.71 bits per heavy atom. The SMILES string of the molecule is CCOC(=O)NC1CCC(NC(=NCc2ccc(Cl)cc2F)NC(=O)c2ccc(C)c(F)c2)CC1. The van der Waals surface area contributed by atoms with Crippen molar-refractivity contribution in [3.05, 3.63) is 69.7 Å². The minimum absolute atomic E-state index is 0.000719. The highest BCUT2D eigenvalue weighted by atomic mass is 35.5. The second-order valence-electron chi connectivity index (χ2n) is 8.38. The number of benzene rings is 2. The molecule has 188 valence electrons. The molecule has 3 rings (SSSR count). The molecule has 1 fully saturated rings. The van der Waals surface area contributed by atoms with Crippen LogP contribution in [0.2, 0.25) is 5.02 Å². The second-order valence-corrected chi connectivity index (χ2v) is 8.81. The third-order valence-corrected chi connectivity index (χ3v) is 5.99. The summed E-state index contributed by atoms with van der Waals surface area (Å²) in [6, 6.07) is 8.47. The van der Waals surface area contributed by atoms with E-state index in [0.717, 1.165) is 6.07 Å². The summed E-state index contributed by atoms with van der Waals surface area (Å²) < 4.78 is 33.1. The Kier molecular flexibility index (Phi) is 9.42. The van der Waals surface area contributed by atoms with Gasteiger partial charge < -0.3 is 15.4 Å². The van der Waals surface area contributed by atoms with Crippen LogP contribution < -0.4 is 16.0 Å². The fraction of sp³-hybridized carbons (Fsp3) is 0.400. The van der Waals surface area contributed by atoms with Crippen LogP contribution in [0.4, 0.5) is 13.6 Å². The number of nitrogens with zero attached hydrogens (tertiary/aromatic N) is 1. The van der Waals surface area contributed by atoms with Gasteiger partial charge in [-0.1, -0.05) is 23.7 Å². The molecule has 0 aliphatic heterocycles. The number of alkyl carbamates (subject to hydrolysis) is 1. The number of amides is 2. The lowest BCUT2D eigenvalue weighted by Crippen LogP contribution is -2.49. The molecule has 0 saturated heterocycles. The number of aryl methyl sites for hydroxylation is 1. The largest absolute Gasteiger partial charge is 0.450 e. The van der Waals surface area contributed by atoms with Crippen molar-refractivity contribution in [3.8, 4) is 0 Å². The molecule has 7 nitrogen and oxygen atoms in total. The number of hydrogen-bond acceptors (Lipinski definition) is 4. The maximum Gasteiger partial charge on any atom is 0.407 e. The Bertz CT molecular complexity index is 1090. The number of ether oxygens (including phenoxy) is 1. The Hall–Kier alpha value is -3.20. The molecule has 0 atom stereocenters. The second kappa shape index (κ2) is 12.5. The number of carbonyl (C=O) groups excluding carboxylic acids is 2. The molecule has 0 heterocycles. The van der Waals surface area contributed by atoms with Gasteiger partial charge in [-0.05, 0) is 69.4 Å². The Balaban J connectivity index is 1.69. The number of nitrogens with one attached hydrogen (secondary N) is 3. The van der Waals surface area contributed by atoms with Crippen molar-refractivity contribution in [1.29, 1.82) is 0 Å². The van der Waals surface area contributed by atoms with E-state index in [9.17, 15) is 18.4 Å². The maximum absolute atomic E-state index is 14.2. The van der Waals surface area contributed by atoms with E-state index >= 15 is 0 Å². The molecular weight excluding hydrogens is 478 g/mol. The molecule has 1 aliphatic carbocycles. The molecule has 0 radical (unpaired) electrons. The summed E-state index contributed by atoms with van der Waals surface area (Å²) in [6.07, 6.45) is 2.41. The van der Waals surface area contributed by atoms with Crippen LogP contribution in [0.5, 0.6) is 0 Å². The summed E-state index contributed by atoms with van der Waals surface area (Å²) in [5.41, 5.74) is 0.884. The molecule has 0 aromatic heterocycles. The lowest BCUT2D eigenvalue weighted by molar-refractivity contribution is 0.0974. The van der Waals surface area contributed by atoms with Crippen molar-refractivity contribution in [2.45, 2.75) is 58.2 Å². The Morgan fingerprint density at radius 3 is 2.34 bits per heavy atom. The predicted molar refractivity (Wildman–Crippen MR) is 130 cm³/mol. The molecule has 2 amide bonds. The monoisotopic (exact) mass is 506 g/mol. The third kappa shape index (κ3) is 7.92. The number of carbonyl (C=O) groups is 2. The van der Waals surface area contributed by atoms with Gasteiger partial charge in [0, 0.05) is 28.2 Å². The number of hydrogen-bond donors (Lipinski definition) is 3. The summed E-state index contributed by atoms with van der Waals surface area (Å²) in [4.78, 5) is 28.8. The number of rotatable bonds is 6. The molecule has 0 unspecified atom stereocenters. The molecule has 2 aromatic rings. The van der Waals surface area contributed by atoms with Gasteiger partial charge in [-0.25, -0.2) is 18.6 Å². The fourth-order valence-corrected chi connectivity index (χ4v) is 3.92. The van der Waals surface area contributed by atoms with Crippen molar-refractivity contribution < 1.29 is 23.1 Å². The average Bonchev–Trinajstić information content (AvgIpc) is 2.81. The van der Waals surface area contributed by atoms with Crippen molar-refractivity contribution in [1.82, 2.24) is 16.0 Å². The molecule has 1 aliphatic rings. The lowest BCUT2D eigenvalue weighted by atomic mass is 9.91. The zero-order valence-corrected chi connectivity index (χ0v) is 20.4. The molecule has 1 saturated carbocycles. The van der Waals surface area contributed by atoms with Crippen LogP contribution in [0.15, 0.2) is 41.4 Å². The number of guanidine groups is 1. The maximum atomic E-state index is 14.2. The van der Waals surface area contributed by atoms with E-state index in [1.807, 2.05) is 0 Å².